The summed E-state index contributed by atoms with van der Waals surface area (Å²) in [5.41, 5.74) is 0.750. The minimum atomic E-state index is -1.18. The summed E-state index contributed by atoms with van der Waals surface area (Å²) in [5, 5.41) is 8.42. The highest BCUT2D eigenvalue weighted by atomic mass is 35.5. The molecule has 1 atom stereocenters. The molecule has 0 saturated carbocycles. The Bertz CT molecular complexity index is 1200. The summed E-state index contributed by atoms with van der Waals surface area (Å²) in [6.45, 7) is 1.39. The van der Waals surface area contributed by atoms with Crippen LogP contribution in [-0.4, -0.2) is 34.3 Å². The van der Waals surface area contributed by atoms with Gasteiger partial charge in [0.2, 0.25) is 5.91 Å². The van der Waals surface area contributed by atoms with Crippen LogP contribution < -0.4 is 10.6 Å². The second kappa shape index (κ2) is 8.90. The van der Waals surface area contributed by atoms with Crippen LogP contribution in [0.1, 0.15) is 18.9 Å². The molecule has 0 spiro atoms. The fourth-order valence-electron chi connectivity index (χ4n) is 3.59. The van der Waals surface area contributed by atoms with Crippen molar-refractivity contribution in [1.82, 2.24) is 15.2 Å². The van der Waals surface area contributed by atoms with Crippen molar-refractivity contribution in [3.63, 3.8) is 0 Å². The van der Waals surface area contributed by atoms with Crippen molar-refractivity contribution < 1.29 is 14.4 Å². The van der Waals surface area contributed by atoms with Gasteiger partial charge in [-0.25, -0.2) is 9.78 Å². The van der Waals surface area contributed by atoms with E-state index in [0.717, 1.165) is 4.90 Å². The number of urea groups is 1. The van der Waals surface area contributed by atoms with Gasteiger partial charge in [-0.2, -0.15) is 0 Å². The summed E-state index contributed by atoms with van der Waals surface area (Å²) in [6, 6.07) is 13.4. The van der Waals surface area contributed by atoms with Crippen molar-refractivity contribution in [3.8, 4) is 11.3 Å². The van der Waals surface area contributed by atoms with E-state index in [9.17, 15) is 14.4 Å². The smallest absolute Gasteiger partial charge is 0.319 e. The molecule has 164 valence electrons. The van der Waals surface area contributed by atoms with E-state index in [4.69, 9.17) is 23.2 Å². The normalized spacial score (nSPS) is 18.0. The SMILES string of the molecule is CCC1(c2ccccc2)NC(=O)N(CC(=O)Nc2nc(-c3ccc(Cl)cc3Cl)cs2)C1=O. The molecule has 2 aromatic carbocycles. The fourth-order valence-corrected chi connectivity index (χ4v) is 4.82. The average Bonchev–Trinajstić information content (AvgIpc) is 3.32. The lowest BCUT2D eigenvalue weighted by molar-refractivity contribution is -0.134. The predicted octanol–water partition coefficient (Wildman–Crippen LogP) is 4.91. The molecule has 0 aliphatic carbocycles. The molecule has 2 heterocycles. The van der Waals surface area contributed by atoms with Gasteiger partial charge in [-0.3, -0.25) is 14.5 Å². The van der Waals surface area contributed by atoms with Crippen LogP contribution in [0.25, 0.3) is 11.3 Å². The van der Waals surface area contributed by atoms with E-state index in [2.05, 4.69) is 15.6 Å². The third-order valence-electron chi connectivity index (χ3n) is 5.23. The maximum atomic E-state index is 13.1. The molecule has 2 N–H and O–H groups in total. The van der Waals surface area contributed by atoms with Crippen LogP contribution in [0.4, 0.5) is 9.93 Å². The number of aromatic nitrogens is 1. The van der Waals surface area contributed by atoms with Gasteiger partial charge in [0, 0.05) is 16.0 Å². The van der Waals surface area contributed by atoms with Crippen LogP contribution in [-0.2, 0) is 15.1 Å². The lowest BCUT2D eigenvalue weighted by Crippen LogP contribution is -2.44. The molecule has 32 heavy (non-hydrogen) atoms. The number of hydrogen-bond donors (Lipinski definition) is 2. The van der Waals surface area contributed by atoms with Crippen molar-refractivity contribution in [1.29, 1.82) is 0 Å². The van der Waals surface area contributed by atoms with Crippen molar-refractivity contribution in [2.45, 2.75) is 18.9 Å². The molecule has 1 aliphatic rings. The maximum Gasteiger partial charge on any atom is 0.325 e. The molecule has 1 unspecified atom stereocenters. The van der Waals surface area contributed by atoms with E-state index < -0.39 is 29.9 Å². The molecule has 1 fully saturated rings. The summed E-state index contributed by atoms with van der Waals surface area (Å²) >= 11 is 13.4. The molecular formula is C22H18Cl2N4O3S. The van der Waals surface area contributed by atoms with Crippen molar-refractivity contribution in [3.05, 3.63) is 69.5 Å². The number of amides is 4. The standard InChI is InChI=1S/C22H18Cl2N4O3S/c1-2-22(13-6-4-3-5-7-13)19(30)28(21(31)27-22)11-18(29)26-20-25-17(12-32-20)15-9-8-14(23)10-16(15)24/h3-10,12H,2,11H2,1H3,(H,27,31)(H,25,26,29). The van der Waals surface area contributed by atoms with Crippen LogP contribution in [0.15, 0.2) is 53.9 Å². The van der Waals surface area contributed by atoms with Crippen molar-refractivity contribution >= 4 is 57.5 Å². The molecule has 7 nitrogen and oxygen atoms in total. The van der Waals surface area contributed by atoms with Gasteiger partial charge in [0.15, 0.2) is 5.13 Å². The molecule has 1 aromatic heterocycles. The Kier molecular flexibility index (Phi) is 6.19. The molecule has 3 aromatic rings. The monoisotopic (exact) mass is 488 g/mol. The highest BCUT2D eigenvalue weighted by Gasteiger charge is 2.51. The predicted molar refractivity (Wildman–Crippen MR) is 125 cm³/mol. The number of nitrogens with zero attached hydrogens (tertiary/aromatic N) is 2. The highest BCUT2D eigenvalue weighted by Crippen LogP contribution is 2.33. The minimum Gasteiger partial charge on any atom is -0.319 e. The van der Waals surface area contributed by atoms with Gasteiger partial charge in [-0.05, 0) is 30.2 Å². The number of imide groups is 1. The van der Waals surface area contributed by atoms with Crippen LogP contribution in [0.2, 0.25) is 10.0 Å². The maximum absolute atomic E-state index is 13.1. The molecule has 4 rings (SSSR count). The van der Waals surface area contributed by atoms with E-state index in [0.29, 0.717) is 38.4 Å². The van der Waals surface area contributed by atoms with Crippen LogP contribution in [0.5, 0.6) is 0 Å². The van der Waals surface area contributed by atoms with Gasteiger partial charge in [0.05, 0.1) is 10.7 Å². The third-order valence-corrected chi connectivity index (χ3v) is 6.54. The van der Waals surface area contributed by atoms with E-state index in [1.54, 1.807) is 47.8 Å². The summed E-state index contributed by atoms with van der Waals surface area (Å²) in [6.07, 6.45) is 0.359. The zero-order chi connectivity index (χ0) is 22.9. The summed E-state index contributed by atoms with van der Waals surface area (Å²) in [7, 11) is 0. The summed E-state index contributed by atoms with van der Waals surface area (Å²) < 4.78 is 0. The first kappa shape index (κ1) is 22.3. The summed E-state index contributed by atoms with van der Waals surface area (Å²) in [4.78, 5) is 43.6. The number of rotatable bonds is 6. The number of halogens is 2. The minimum absolute atomic E-state index is 0.327. The Labute approximate surface area is 198 Å². The largest absolute Gasteiger partial charge is 0.325 e. The summed E-state index contributed by atoms with van der Waals surface area (Å²) in [5.74, 6) is -0.990. The zero-order valence-corrected chi connectivity index (χ0v) is 19.2. The van der Waals surface area contributed by atoms with E-state index in [1.807, 2.05) is 13.0 Å². The number of anilines is 1. The second-order valence-corrected chi connectivity index (χ2v) is 8.86. The third kappa shape index (κ3) is 4.09. The first-order chi connectivity index (χ1) is 15.3. The number of carbonyl (C=O) groups is 3. The Morgan fingerprint density at radius 2 is 1.94 bits per heavy atom. The molecule has 0 radical (unpaired) electrons. The van der Waals surface area contributed by atoms with Gasteiger partial charge in [-0.15, -0.1) is 11.3 Å². The van der Waals surface area contributed by atoms with Gasteiger partial charge >= 0.3 is 6.03 Å². The molecule has 0 bridgehead atoms. The lowest BCUT2D eigenvalue weighted by atomic mass is 9.87. The molecule has 10 heteroatoms. The average molecular weight is 489 g/mol. The second-order valence-electron chi connectivity index (χ2n) is 7.16. The number of hydrogen-bond acceptors (Lipinski definition) is 5. The molecule has 4 amide bonds. The van der Waals surface area contributed by atoms with Gasteiger partial charge in [0.1, 0.15) is 12.1 Å². The highest BCUT2D eigenvalue weighted by molar-refractivity contribution is 7.14. The van der Waals surface area contributed by atoms with Crippen molar-refractivity contribution in [2.24, 2.45) is 0 Å². The topological polar surface area (TPSA) is 91.4 Å². The lowest BCUT2D eigenvalue weighted by Gasteiger charge is -2.25. The van der Waals surface area contributed by atoms with Gasteiger partial charge in [-0.1, -0.05) is 60.5 Å². The Morgan fingerprint density at radius 1 is 1.19 bits per heavy atom. The first-order valence-corrected chi connectivity index (χ1v) is 11.4. The van der Waals surface area contributed by atoms with Gasteiger partial charge < -0.3 is 10.6 Å². The van der Waals surface area contributed by atoms with E-state index in [1.165, 1.54) is 11.3 Å². The van der Waals surface area contributed by atoms with E-state index in [-0.39, 0.29) is 0 Å². The van der Waals surface area contributed by atoms with Crippen LogP contribution in [0.3, 0.4) is 0 Å². The van der Waals surface area contributed by atoms with Crippen molar-refractivity contribution in [2.75, 3.05) is 11.9 Å². The number of thiazole rings is 1. The van der Waals surface area contributed by atoms with Gasteiger partial charge in [0.25, 0.3) is 5.91 Å². The quantitative estimate of drug-likeness (QED) is 0.482. The number of carbonyl (C=O) groups excluding carboxylic acids is 3. The Balaban J connectivity index is 1.47. The van der Waals surface area contributed by atoms with E-state index >= 15 is 0 Å². The fraction of sp³-hybridized carbons (Fsp3) is 0.182. The zero-order valence-electron chi connectivity index (χ0n) is 16.9. The Hall–Kier alpha value is -2.94. The number of benzene rings is 2. The molecular weight excluding hydrogens is 471 g/mol. The first-order valence-electron chi connectivity index (χ1n) is 9.74. The van der Waals surface area contributed by atoms with Crippen LogP contribution >= 0.6 is 34.5 Å². The molecule has 1 aliphatic heterocycles. The number of nitrogens with one attached hydrogen (secondary N) is 2. The molecule has 1 saturated heterocycles. The Morgan fingerprint density at radius 3 is 2.62 bits per heavy atom. The van der Waals surface area contributed by atoms with Crippen LogP contribution in [0, 0.1) is 0 Å².